The number of benzene rings is 1. The molecular weight excluding hydrogens is 388 g/mol. The number of carbonyl (C=O) groups is 1. The van der Waals surface area contributed by atoms with Gasteiger partial charge in [0.25, 0.3) is 0 Å². The molecule has 3 heterocycles. The lowest BCUT2D eigenvalue weighted by Crippen LogP contribution is -2.50. The molecule has 1 amide bonds. The van der Waals surface area contributed by atoms with E-state index in [1.165, 1.54) is 0 Å². The van der Waals surface area contributed by atoms with E-state index in [0.29, 0.717) is 18.9 Å². The van der Waals surface area contributed by atoms with Crippen LogP contribution in [-0.4, -0.2) is 58.5 Å². The molecule has 0 bridgehead atoms. The van der Waals surface area contributed by atoms with Crippen molar-refractivity contribution in [2.45, 2.75) is 20.4 Å². The second kappa shape index (κ2) is 9.66. The largest absolute Gasteiger partial charge is 0.354 e. The molecule has 0 radical (unpaired) electrons. The maximum absolute atomic E-state index is 12.3. The molecule has 1 fully saturated rings. The maximum atomic E-state index is 12.3. The van der Waals surface area contributed by atoms with Crippen molar-refractivity contribution < 1.29 is 4.79 Å². The lowest BCUT2D eigenvalue weighted by atomic mass is 10.2. The van der Waals surface area contributed by atoms with Crippen molar-refractivity contribution in [3.05, 3.63) is 71.5 Å². The first-order valence-corrected chi connectivity index (χ1v) is 10.6. The van der Waals surface area contributed by atoms with Gasteiger partial charge in [0.15, 0.2) is 5.82 Å². The average Bonchev–Trinajstić information content (AvgIpc) is 2.81. The van der Waals surface area contributed by atoms with Crippen LogP contribution in [0.1, 0.15) is 16.8 Å². The van der Waals surface area contributed by atoms with Gasteiger partial charge in [-0.1, -0.05) is 36.4 Å². The van der Waals surface area contributed by atoms with E-state index in [9.17, 15) is 4.79 Å². The molecule has 7 heteroatoms. The van der Waals surface area contributed by atoms with Gasteiger partial charge in [-0.15, -0.1) is 0 Å². The Bertz CT molecular complexity index is 1020. The standard InChI is InChI=1S/C24H28N6O/c1-18-19(2)27-23(21-10-6-7-11-25-21)28-24(18)30-14-12-29(13-15-30)17-22(31)26-16-20-8-4-3-5-9-20/h3-11H,12-17H2,1-2H3,(H,26,31). The van der Waals surface area contributed by atoms with Gasteiger partial charge in [0, 0.05) is 50.2 Å². The van der Waals surface area contributed by atoms with Crippen LogP contribution in [0.15, 0.2) is 54.7 Å². The summed E-state index contributed by atoms with van der Waals surface area (Å²) in [4.78, 5) is 30.7. The van der Waals surface area contributed by atoms with Gasteiger partial charge in [0.2, 0.25) is 5.91 Å². The van der Waals surface area contributed by atoms with E-state index < -0.39 is 0 Å². The molecule has 0 saturated carbocycles. The molecule has 2 aromatic heterocycles. The van der Waals surface area contributed by atoms with Crippen LogP contribution in [0, 0.1) is 13.8 Å². The molecule has 160 valence electrons. The van der Waals surface area contributed by atoms with Gasteiger partial charge in [-0.3, -0.25) is 14.7 Å². The van der Waals surface area contributed by atoms with E-state index in [-0.39, 0.29) is 5.91 Å². The zero-order chi connectivity index (χ0) is 21.6. The van der Waals surface area contributed by atoms with Gasteiger partial charge in [-0.25, -0.2) is 9.97 Å². The molecule has 1 aliphatic rings. The van der Waals surface area contributed by atoms with Gasteiger partial charge >= 0.3 is 0 Å². The predicted octanol–water partition coefficient (Wildman–Crippen LogP) is 2.59. The molecule has 1 aliphatic heterocycles. The summed E-state index contributed by atoms with van der Waals surface area (Å²) in [6, 6.07) is 15.7. The zero-order valence-electron chi connectivity index (χ0n) is 18.1. The molecule has 4 rings (SSSR count). The fourth-order valence-electron chi connectivity index (χ4n) is 3.70. The summed E-state index contributed by atoms with van der Waals surface area (Å²) in [5, 5.41) is 3.01. The summed E-state index contributed by atoms with van der Waals surface area (Å²) in [6.45, 7) is 8.35. The number of amides is 1. The van der Waals surface area contributed by atoms with Crippen molar-refractivity contribution >= 4 is 11.7 Å². The molecule has 0 atom stereocenters. The van der Waals surface area contributed by atoms with E-state index in [2.05, 4.69) is 32.0 Å². The quantitative estimate of drug-likeness (QED) is 0.666. The summed E-state index contributed by atoms with van der Waals surface area (Å²) in [7, 11) is 0. The number of nitrogens with zero attached hydrogens (tertiary/aromatic N) is 5. The smallest absolute Gasteiger partial charge is 0.234 e. The van der Waals surface area contributed by atoms with Crippen LogP contribution in [0.3, 0.4) is 0 Å². The number of rotatable bonds is 6. The highest BCUT2D eigenvalue weighted by Gasteiger charge is 2.22. The minimum absolute atomic E-state index is 0.0591. The van der Waals surface area contributed by atoms with Crippen molar-refractivity contribution in [3.63, 3.8) is 0 Å². The molecule has 0 aliphatic carbocycles. The first kappa shape index (κ1) is 20.9. The minimum atomic E-state index is 0.0591. The van der Waals surface area contributed by atoms with Crippen LogP contribution in [0.25, 0.3) is 11.5 Å². The van der Waals surface area contributed by atoms with E-state index in [0.717, 1.165) is 54.5 Å². The van der Waals surface area contributed by atoms with Crippen molar-refractivity contribution in [1.82, 2.24) is 25.2 Å². The summed E-state index contributed by atoms with van der Waals surface area (Å²) in [5.41, 5.74) is 3.95. The Morgan fingerprint density at radius 3 is 2.42 bits per heavy atom. The Labute approximate surface area is 183 Å². The maximum Gasteiger partial charge on any atom is 0.234 e. The predicted molar refractivity (Wildman–Crippen MR) is 122 cm³/mol. The van der Waals surface area contributed by atoms with E-state index in [1.807, 2.05) is 55.5 Å². The fraction of sp³-hybridized carbons (Fsp3) is 0.333. The number of anilines is 1. The first-order chi connectivity index (χ1) is 15.1. The van der Waals surface area contributed by atoms with Crippen molar-refractivity contribution in [2.24, 2.45) is 0 Å². The number of aryl methyl sites for hydroxylation is 1. The van der Waals surface area contributed by atoms with Crippen LogP contribution in [0.2, 0.25) is 0 Å². The van der Waals surface area contributed by atoms with Crippen LogP contribution < -0.4 is 10.2 Å². The second-order valence-electron chi connectivity index (χ2n) is 7.82. The fourth-order valence-corrected chi connectivity index (χ4v) is 3.70. The normalized spacial score (nSPS) is 14.5. The monoisotopic (exact) mass is 416 g/mol. The first-order valence-electron chi connectivity index (χ1n) is 10.6. The second-order valence-corrected chi connectivity index (χ2v) is 7.82. The topological polar surface area (TPSA) is 74.2 Å². The van der Waals surface area contributed by atoms with E-state index in [4.69, 9.17) is 4.98 Å². The summed E-state index contributed by atoms with van der Waals surface area (Å²) in [5.74, 6) is 1.67. The molecule has 31 heavy (non-hydrogen) atoms. The molecular formula is C24H28N6O. The molecule has 0 unspecified atom stereocenters. The lowest BCUT2D eigenvalue weighted by molar-refractivity contribution is -0.122. The number of nitrogens with one attached hydrogen (secondary N) is 1. The highest BCUT2D eigenvalue weighted by molar-refractivity contribution is 5.78. The van der Waals surface area contributed by atoms with E-state index in [1.54, 1.807) is 6.20 Å². The van der Waals surface area contributed by atoms with Gasteiger partial charge in [-0.05, 0) is 31.5 Å². The number of aromatic nitrogens is 3. The number of carbonyl (C=O) groups excluding carboxylic acids is 1. The molecule has 1 aromatic carbocycles. The third-order valence-corrected chi connectivity index (χ3v) is 5.63. The Hall–Kier alpha value is -3.32. The van der Waals surface area contributed by atoms with Crippen molar-refractivity contribution in [1.29, 1.82) is 0 Å². The molecule has 3 aromatic rings. The lowest BCUT2D eigenvalue weighted by Gasteiger charge is -2.35. The third kappa shape index (κ3) is 5.24. The number of hydrogen-bond acceptors (Lipinski definition) is 6. The van der Waals surface area contributed by atoms with Crippen molar-refractivity contribution in [2.75, 3.05) is 37.6 Å². The number of pyridine rings is 1. The van der Waals surface area contributed by atoms with Crippen LogP contribution in [0.5, 0.6) is 0 Å². The Kier molecular flexibility index (Phi) is 6.52. The highest BCUT2D eigenvalue weighted by Crippen LogP contribution is 2.24. The Balaban J connectivity index is 1.35. The van der Waals surface area contributed by atoms with Crippen LogP contribution in [-0.2, 0) is 11.3 Å². The van der Waals surface area contributed by atoms with Crippen LogP contribution in [0.4, 0.5) is 5.82 Å². The molecule has 0 spiro atoms. The Morgan fingerprint density at radius 1 is 0.968 bits per heavy atom. The van der Waals surface area contributed by atoms with Gasteiger partial charge in [0.05, 0.1) is 6.54 Å². The third-order valence-electron chi connectivity index (χ3n) is 5.63. The molecule has 7 nitrogen and oxygen atoms in total. The van der Waals surface area contributed by atoms with Crippen molar-refractivity contribution in [3.8, 4) is 11.5 Å². The summed E-state index contributed by atoms with van der Waals surface area (Å²) >= 11 is 0. The summed E-state index contributed by atoms with van der Waals surface area (Å²) in [6.07, 6.45) is 1.76. The van der Waals surface area contributed by atoms with Crippen LogP contribution >= 0.6 is 0 Å². The molecule has 1 saturated heterocycles. The highest BCUT2D eigenvalue weighted by atomic mass is 16.2. The number of hydrogen-bond donors (Lipinski definition) is 1. The average molecular weight is 417 g/mol. The number of piperazine rings is 1. The SMILES string of the molecule is Cc1nc(-c2ccccn2)nc(N2CCN(CC(=O)NCc3ccccc3)CC2)c1C. The molecule has 1 N–H and O–H groups in total. The zero-order valence-corrected chi connectivity index (χ0v) is 18.1. The Morgan fingerprint density at radius 2 is 1.71 bits per heavy atom. The van der Waals surface area contributed by atoms with Gasteiger partial charge in [-0.2, -0.15) is 0 Å². The van der Waals surface area contributed by atoms with Gasteiger partial charge in [0.1, 0.15) is 11.5 Å². The minimum Gasteiger partial charge on any atom is -0.354 e. The van der Waals surface area contributed by atoms with E-state index >= 15 is 0 Å². The van der Waals surface area contributed by atoms with Gasteiger partial charge < -0.3 is 10.2 Å². The summed E-state index contributed by atoms with van der Waals surface area (Å²) < 4.78 is 0.